The minimum absolute atomic E-state index is 0.362. The smallest absolute Gasteiger partial charge is 0.258 e. The van der Waals surface area contributed by atoms with Gasteiger partial charge in [0.1, 0.15) is 0 Å². The van der Waals surface area contributed by atoms with Crippen LogP contribution in [0.4, 0.5) is 5.69 Å². The van der Waals surface area contributed by atoms with E-state index in [9.17, 15) is 9.90 Å². The first-order valence-electron chi connectivity index (χ1n) is 5.49. The van der Waals surface area contributed by atoms with Crippen LogP contribution in [-0.2, 0) is 10.4 Å². The summed E-state index contributed by atoms with van der Waals surface area (Å²) in [4.78, 5) is 11.7. The highest BCUT2D eigenvalue weighted by Crippen LogP contribution is 2.30. The number of nitrogen functional groups attached to an aromatic ring is 1. The number of aliphatic hydroxyl groups is 1. The zero-order chi connectivity index (χ0) is 13.2. The Hall–Kier alpha value is -2.33. The van der Waals surface area contributed by atoms with Gasteiger partial charge < -0.3 is 16.6 Å². The molecule has 0 saturated heterocycles. The van der Waals surface area contributed by atoms with Crippen molar-refractivity contribution in [2.24, 2.45) is 5.73 Å². The van der Waals surface area contributed by atoms with Crippen molar-refractivity contribution in [2.75, 3.05) is 5.73 Å². The summed E-state index contributed by atoms with van der Waals surface area (Å²) in [6.45, 7) is 0. The lowest BCUT2D eigenvalue weighted by Gasteiger charge is -2.25. The molecule has 1 atom stereocenters. The van der Waals surface area contributed by atoms with E-state index in [1.54, 1.807) is 48.5 Å². The zero-order valence-electron chi connectivity index (χ0n) is 9.71. The van der Waals surface area contributed by atoms with Gasteiger partial charge >= 0.3 is 0 Å². The van der Waals surface area contributed by atoms with Crippen LogP contribution in [0.2, 0.25) is 0 Å². The van der Waals surface area contributed by atoms with Crippen molar-refractivity contribution in [1.82, 2.24) is 0 Å². The summed E-state index contributed by atoms with van der Waals surface area (Å²) < 4.78 is 0. The Kier molecular flexibility index (Phi) is 3.04. The summed E-state index contributed by atoms with van der Waals surface area (Å²) in [5, 5.41) is 10.6. The van der Waals surface area contributed by atoms with Crippen molar-refractivity contribution >= 4 is 11.6 Å². The van der Waals surface area contributed by atoms with Crippen LogP contribution in [0, 0.1) is 0 Å². The number of hydrogen-bond acceptors (Lipinski definition) is 3. The Morgan fingerprint density at radius 1 is 1.00 bits per heavy atom. The summed E-state index contributed by atoms with van der Waals surface area (Å²) in [7, 11) is 0. The lowest BCUT2D eigenvalue weighted by Crippen LogP contribution is -2.42. The van der Waals surface area contributed by atoms with Crippen molar-refractivity contribution in [3.8, 4) is 0 Å². The molecule has 0 bridgehead atoms. The molecule has 0 spiro atoms. The minimum Gasteiger partial charge on any atom is -0.399 e. The third-order valence-corrected chi connectivity index (χ3v) is 2.85. The van der Waals surface area contributed by atoms with Crippen LogP contribution in [0.3, 0.4) is 0 Å². The number of amides is 1. The van der Waals surface area contributed by atoms with Gasteiger partial charge in [0, 0.05) is 5.69 Å². The molecule has 1 amide bonds. The average molecular weight is 242 g/mol. The molecule has 0 aliphatic rings. The molecule has 0 aromatic heterocycles. The predicted molar refractivity (Wildman–Crippen MR) is 69.5 cm³/mol. The SMILES string of the molecule is NC(=O)C(O)(c1ccccc1)c1cccc(N)c1. The van der Waals surface area contributed by atoms with Crippen molar-refractivity contribution in [1.29, 1.82) is 0 Å². The molecule has 2 aromatic carbocycles. The van der Waals surface area contributed by atoms with Gasteiger partial charge in [0.15, 0.2) is 5.60 Å². The number of carbonyl (C=O) groups excluding carboxylic acids is 1. The second kappa shape index (κ2) is 4.50. The molecule has 5 N–H and O–H groups in total. The summed E-state index contributed by atoms with van der Waals surface area (Å²) in [5.41, 5.74) is 10.4. The van der Waals surface area contributed by atoms with E-state index in [1.807, 2.05) is 0 Å². The monoisotopic (exact) mass is 242 g/mol. The van der Waals surface area contributed by atoms with Gasteiger partial charge in [-0.2, -0.15) is 0 Å². The maximum absolute atomic E-state index is 11.7. The van der Waals surface area contributed by atoms with E-state index in [0.717, 1.165) is 0 Å². The fourth-order valence-electron chi connectivity index (χ4n) is 1.89. The molecule has 0 radical (unpaired) electrons. The van der Waals surface area contributed by atoms with Crippen LogP contribution in [0.25, 0.3) is 0 Å². The van der Waals surface area contributed by atoms with Crippen LogP contribution in [0.5, 0.6) is 0 Å². The molecular weight excluding hydrogens is 228 g/mol. The number of anilines is 1. The molecule has 92 valence electrons. The Bertz CT molecular complexity index is 569. The summed E-state index contributed by atoms with van der Waals surface area (Å²) >= 11 is 0. The highest BCUT2D eigenvalue weighted by Gasteiger charge is 2.38. The second-order valence-electron chi connectivity index (χ2n) is 4.07. The third kappa shape index (κ3) is 1.94. The summed E-state index contributed by atoms with van der Waals surface area (Å²) in [6.07, 6.45) is 0. The van der Waals surface area contributed by atoms with Crippen molar-refractivity contribution < 1.29 is 9.90 Å². The van der Waals surface area contributed by atoms with Crippen LogP contribution >= 0.6 is 0 Å². The number of hydrogen-bond donors (Lipinski definition) is 3. The van der Waals surface area contributed by atoms with Gasteiger partial charge in [0.2, 0.25) is 0 Å². The van der Waals surface area contributed by atoms with Crippen LogP contribution in [-0.4, -0.2) is 11.0 Å². The van der Waals surface area contributed by atoms with E-state index in [1.165, 1.54) is 6.07 Å². The third-order valence-electron chi connectivity index (χ3n) is 2.85. The lowest BCUT2D eigenvalue weighted by molar-refractivity contribution is -0.133. The normalized spacial score (nSPS) is 13.8. The fourth-order valence-corrected chi connectivity index (χ4v) is 1.89. The quantitative estimate of drug-likeness (QED) is 0.701. The van der Waals surface area contributed by atoms with E-state index < -0.39 is 11.5 Å². The van der Waals surface area contributed by atoms with Crippen molar-refractivity contribution in [2.45, 2.75) is 5.60 Å². The van der Waals surface area contributed by atoms with Gasteiger partial charge in [-0.3, -0.25) is 4.79 Å². The number of carbonyl (C=O) groups is 1. The molecule has 0 aliphatic carbocycles. The van der Waals surface area contributed by atoms with E-state index in [4.69, 9.17) is 11.5 Å². The molecule has 2 rings (SSSR count). The molecule has 0 aliphatic heterocycles. The largest absolute Gasteiger partial charge is 0.399 e. The highest BCUT2D eigenvalue weighted by atomic mass is 16.3. The van der Waals surface area contributed by atoms with Gasteiger partial charge in [0.05, 0.1) is 0 Å². The Balaban J connectivity index is 2.62. The molecule has 0 heterocycles. The van der Waals surface area contributed by atoms with Crippen LogP contribution < -0.4 is 11.5 Å². The summed E-state index contributed by atoms with van der Waals surface area (Å²) in [6, 6.07) is 15.1. The topological polar surface area (TPSA) is 89.3 Å². The van der Waals surface area contributed by atoms with E-state index in [-0.39, 0.29) is 0 Å². The molecule has 0 fully saturated rings. The molecule has 18 heavy (non-hydrogen) atoms. The molecular formula is C14H14N2O2. The molecule has 1 unspecified atom stereocenters. The predicted octanol–water partition coefficient (Wildman–Crippen LogP) is 0.990. The second-order valence-corrected chi connectivity index (χ2v) is 4.07. The molecule has 2 aromatic rings. The number of rotatable bonds is 3. The highest BCUT2D eigenvalue weighted by molar-refractivity contribution is 5.88. The first-order chi connectivity index (χ1) is 8.55. The average Bonchev–Trinajstić information content (AvgIpc) is 2.38. The van der Waals surface area contributed by atoms with E-state index in [2.05, 4.69) is 0 Å². The number of nitrogens with two attached hydrogens (primary N) is 2. The zero-order valence-corrected chi connectivity index (χ0v) is 9.71. The van der Waals surface area contributed by atoms with E-state index in [0.29, 0.717) is 16.8 Å². The van der Waals surface area contributed by atoms with E-state index >= 15 is 0 Å². The lowest BCUT2D eigenvalue weighted by atomic mass is 9.85. The maximum Gasteiger partial charge on any atom is 0.258 e. The fraction of sp³-hybridized carbons (Fsp3) is 0.0714. The van der Waals surface area contributed by atoms with Crippen molar-refractivity contribution in [3.05, 3.63) is 65.7 Å². The Labute approximate surface area is 105 Å². The molecule has 4 heteroatoms. The minimum atomic E-state index is -1.86. The number of primary amides is 1. The van der Waals surface area contributed by atoms with Crippen molar-refractivity contribution in [3.63, 3.8) is 0 Å². The van der Waals surface area contributed by atoms with Crippen LogP contribution in [0.1, 0.15) is 11.1 Å². The Morgan fingerprint density at radius 2 is 1.61 bits per heavy atom. The van der Waals surface area contributed by atoms with Gasteiger partial charge in [-0.15, -0.1) is 0 Å². The number of benzene rings is 2. The summed E-state index contributed by atoms with van der Waals surface area (Å²) in [5.74, 6) is -0.834. The van der Waals surface area contributed by atoms with Gasteiger partial charge in [-0.1, -0.05) is 42.5 Å². The molecule has 4 nitrogen and oxygen atoms in total. The standard InChI is InChI=1S/C14H14N2O2/c15-12-8-4-7-11(9-12)14(18,13(16)17)10-5-2-1-3-6-10/h1-9,18H,15H2,(H2,16,17). The Morgan fingerprint density at radius 3 is 2.17 bits per heavy atom. The van der Waals surface area contributed by atoms with Crippen LogP contribution in [0.15, 0.2) is 54.6 Å². The van der Waals surface area contributed by atoms with Gasteiger partial charge in [-0.25, -0.2) is 0 Å². The van der Waals surface area contributed by atoms with Gasteiger partial charge in [-0.05, 0) is 23.3 Å². The first-order valence-corrected chi connectivity index (χ1v) is 5.49. The van der Waals surface area contributed by atoms with Gasteiger partial charge in [0.25, 0.3) is 5.91 Å². The first kappa shape index (κ1) is 12.1. The maximum atomic E-state index is 11.7. The molecule has 0 saturated carbocycles.